The van der Waals surface area contributed by atoms with Gasteiger partial charge in [-0.3, -0.25) is 0 Å². The van der Waals surface area contributed by atoms with Gasteiger partial charge in [-0.1, -0.05) is 26.7 Å². The topological polar surface area (TPSA) is 49.7 Å². The molecule has 2 N–H and O–H groups in total. The molecule has 0 radical (unpaired) electrons. The molecule has 1 fully saturated rings. The fourth-order valence-electron chi connectivity index (χ4n) is 4.67. The largest absolute Gasteiger partial charge is 0.508 e. The molecule has 1 saturated carbocycles. The molecule has 3 heteroatoms. The molecule has 1 aromatic carbocycles. The number of unbranched alkanes of at least 4 members (excludes halogenated alkanes) is 2. The van der Waals surface area contributed by atoms with Gasteiger partial charge >= 0.3 is 0 Å². The van der Waals surface area contributed by atoms with Gasteiger partial charge in [0, 0.05) is 11.5 Å². The Morgan fingerprint density at radius 1 is 1.21 bits per heavy atom. The van der Waals surface area contributed by atoms with Gasteiger partial charge in [0.05, 0.1) is 6.10 Å². The van der Waals surface area contributed by atoms with Gasteiger partial charge in [0.25, 0.3) is 0 Å². The third kappa shape index (κ3) is 3.15. The lowest BCUT2D eigenvalue weighted by molar-refractivity contribution is -0.0566. The van der Waals surface area contributed by atoms with Crippen LogP contribution in [0.25, 0.3) is 0 Å². The number of hydrogen-bond acceptors (Lipinski definition) is 3. The number of ether oxygens (including phenoxy) is 1. The molecule has 0 bridgehead atoms. The van der Waals surface area contributed by atoms with Crippen molar-refractivity contribution in [3.63, 3.8) is 0 Å². The van der Waals surface area contributed by atoms with Gasteiger partial charge in [0.1, 0.15) is 17.1 Å². The second-order valence-electron chi connectivity index (χ2n) is 8.42. The predicted octanol–water partition coefficient (Wildman–Crippen LogP) is 4.79. The summed E-state index contributed by atoms with van der Waals surface area (Å²) in [6, 6.07) is 4.07. The number of aromatic hydroxyl groups is 1. The minimum Gasteiger partial charge on any atom is -0.508 e. The smallest absolute Gasteiger partial charge is 0.127 e. The van der Waals surface area contributed by atoms with E-state index in [0.29, 0.717) is 5.75 Å². The maximum Gasteiger partial charge on any atom is 0.127 e. The summed E-state index contributed by atoms with van der Waals surface area (Å²) in [5, 5.41) is 21.0. The van der Waals surface area contributed by atoms with Crippen LogP contribution >= 0.6 is 0 Å². The average Bonchev–Trinajstić information content (AvgIpc) is 2.49. The van der Waals surface area contributed by atoms with Crippen LogP contribution < -0.4 is 4.74 Å². The number of aliphatic hydroxyl groups is 1. The van der Waals surface area contributed by atoms with E-state index in [-0.39, 0.29) is 29.5 Å². The summed E-state index contributed by atoms with van der Waals surface area (Å²) in [5.41, 5.74) is 1.82. The molecule has 134 valence electrons. The van der Waals surface area contributed by atoms with Gasteiger partial charge in [-0.25, -0.2) is 0 Å². The summed E-state index contributed by atoms with van der Waals surface area (Å²) in [4.78, 5) is 0. The molecule has 0 spiro atoms. The fraction of sp³-hybridized carbons (Fsp3) is 0.714. The van der Waals surface area contributed by atoms with Crippen LogP contribution in [0.1, 0.15) is 76.8 Å². The summed E-state index contributed by atoms with van der Waals surface area (Å²) in [6.45, 7) is 8.56. The van der Waals surface area contributed by atoms with Crippen LogP contribution in [-0.4, -0.2) is 21.9 Å². The maximum atomic E-state index is 10.7. The Morgan fingerprint density at radius 2 is 1.96 bits per heavy atom. The molecule has 3 nitrogen and oxygen atoms in total. The molecule has 24 heavy (non-hydrogen) atoms. The van der Waals surface area contributed by atoms with E-state index in [1.807, 2.05) is 6.07 Å². The van der Waals surface area contributed by atoms with Crippen molar-refractivity contribution in [2.45, 2.75) is 83.8 Å². The van der Waals surface area contributed by atoms with Crippen LogP contribution in [0.5, 0.6) is 11.5 Å². The van der Waals surface area contributed by atoms with E-state index in [1.54, 1.807) is 0 Å². The van der Waals surface area contributed by atoms with E-state index in [9.17, 15) is 10.2 Å². The summed E-state index contributed by atoms with van der Waals surface area (Å²) in [5.74, 6) is 2.01. The number of phenolic OH excluding ortho intramolecular Hbond substituents is 1. The molecule has 4 atom stereocenters. The van der Waals surface area contributed by atoms with Gasteiger partial charge in [-0.15, -0.1) is 0 Å². The van der Waals surface area contributed by atoms with Crippen molar-refractivity contribution >= 4 is 0 Å². The van der Waals surface area contributed by atoms with Crippen molar-refractivity contribution in [3.05, 3.63) is 23.3 Å². The first-order valence-corrected chi connectivity index (χ1v) is 9.56. The molecule has 3 rings (SSSR count). The van der Waals surface area contributed by atoms with Crippen molar-refractivity contribution in [1.29, 1.82) is 0 Å². The van der Waals surface area contributed by atoms with Gasteiger partial charge in [-0.2, -0.15) is 0 Å². The summed E-state index contributed by atoms with van der Waals surface area (Å²) < 4.78 is 6.33. The summed E-state index contributed by atoms with van der Waals surface area (Å²) in [6.07, 6.45) is 5.93. The highest BCUT2D eigenvalue weighted by Crippen LogP contribution is 2.55. The van der Waals surface area contributed by atoms with E-state index in [1.165, 1.54) is 12.8 Å². The third-order valence-electron chi connectivity index (χ3n) is 6.15. The van der Waals surface area contributed by atoms with Crippen molar-refractivity contribution in [1.82, 2.24) is 0 Å². The van der Waals surface area contributed by atoms with Crippen LogP contribution in [-0.2, 0) is 6.42 Å². The Labute approximate surface area is 146 Å². The highest BCUT2D eigenvalue weighted by molar-refractivity contribution is 5.52. The van der Waals surface area contributed by atoms with Crippen LogP contribution in [0.15, 0.2) is 12.1 Å². The Balaban J connectivity index is 1.95. The first-order chi connectivity index (χ1) is 11.3. The minimum atomic E-state index is -0.312. The van der Waals surface area contributed by atoms with E-state index < -0.39 is 0 Å². The van der Waals surface area contributed by atoms with E-state index in [0.717, 1.165) is 42.6 Å². The lowest BCUT2D eigenvalue weighted by Gasteiger charge is -2.50. The molecule has 2 aliphatic rings. The number of hydrogen-bond donors (Lipinski definition) is 2. The Kier molecular flexibility index (Phi) is 4.83. The number of rotatable bonds is 4. The SMILES string of the molecule is CCCCCc1cc(O)c2c(c1)OC(C)(C)[C@@H]1C[C@H](O)[C@@H](C)C[C@@H]21. The second kappa shape index (κ2) is 6.59. The third-order valence-corrected chi connectivity index (χ3v) is 6.15. The van der Waals surface area contributed by atoms with Crippen LogP contribution in [0, 0.1) is 11.8 Å². The zero-order valence-corrected chi connectivity index (χ0v) is 15.5. The average molecular weight is 332 g/mol. The Hall–Kier alpha value is -1.22. The number of aliphatic hydroxyl groups excluding tert-OH is 1. The number of aryl methyl sites for hydroxylation is 1. The van der Waals surface area contributed by atoms with Crippen LogP contribution in [0.2, 0.25) is 0 Å². The zero-order valence-electron chi connectivity index (χ0n) is 15.5. The molecule has 0 unspecified atom stereocenters. The van der Waals surface area contributed by atoms with Gasteiger partial charge in [-0.05, 0) is 69.1 Å². The zero-order chi connectivity index (χ0) is 17.5. The van der Waals surface area contributed by atoms with Gasteiger partial charge in [0.2, 0.25) is 0 Å². The fourth-order valence-corrected chi connectivity index (χ4v) is 4.67. The monoisotopic (exact) mass is 332 g/mol. The van der Waals surface area contributed by atoms with E-state index >= 15 is 0 Å². The van der Waals surface area contributed by atoms with Crippen molar-refractivity contribution in [2.75, 3.05) is 0 Å². The van der Waals surface area contributed by atoms with Crippen molar-refractivity contribution < 1.29 is 14.9 Å². The first-order valence-electron chi connectivity index (χ1n) is 9.56. The molecule has 1 aliphatic carbocycles. The van der Waals surface area contributed by atoms with E-state index in [4.69, 9.17) is 4.74 Å². The molecule has 1 aliphatic heterocycles. The van der Waals surface area contributed by atoms with Crippen LogP contribution in [0.3, 0.4) is 0 Å². The molecule has 1 aromatic rings. The number of phenols is 1. The molecular weight excluding hydrogens is 300 g/mol. The normalized spacial score (nSPS) is 31.0. The van der Waals surface area contributed by atoms with Crippen molar-refractivity contribution in [2.24, 2.45) is 11.8 Å². The van der Waals surface area contributed by atoms with Crippen molar-refractivity contribution in [3.8, 4) is 11.5 Å². The Bertz CT molecular complexity index is 593. The predicted molar refractivity (Wildman–Crippen MR) is 96.7 cm³/mol. The molecule has 1 heterocycles. The minimum absolute atomic E-state index is 0.244. The Morgan fingerprint density at radius 3 is 2.67 bits per heavy atom. The highest BCUT2D eigenvalue weighted by Gasteiger charge is 2.49. The molecular formula is C21H32O3. The number of benzene rings is 1. The quantitative estimate of drug-likeness (QED) is 0.780. The molecule has 0 saturated heterocycles. The maximum absolute atomic E-state index is 10.7. The standard InChI is InChI=1S/C21H32O3/c1-5-6-7-8-14-10-18(23)20-15-9-13(2)17(22)12-16(15)21(3,4)24-19(20)11-14/h10-11,13,15-17,22-23H,5-9,12H2,1-4H3/t13-,15+,16+,17-/m0/s1. The van der Waals surface area contributed by atoms with Gasteiger partial charge in [0.15, 0.2) is 0 Å². The number of fused-ring (bicyclic) bond motifs is 3. The summed E-state index contributed by atoms with van der Waals surface area (Å²) >= 11 is 0. The van der Waals surface area contributed by atoms with Gasteiger partial charge < -0.3 is 14.9 Å². The lowest BCUT2D eigenvalue weighted by atomic mass is 9.63. The second-order valence-corrected chi connectivity index (χ2v) is 8.42. The first kappa shape index (κ1) is 17.6. The van der Waals surface area contributed by atoms with Crippen LogP contribution in [0.4, 0.5) is 0 Å². The molecule has 0 aromatic heterocycles. The highest BCUT2D eigenvalue weighted by atomic mass is 16.5. The summed E-state index contributed by atoms with van der Waals surface area (Å²) in [7, 11) is 0. The lowest BCUT2D eigenvalue weighted by Crippen LogP contribution is -2.49. The van der Waals surface area contributed by atoms with E-state index in [2.05, 4.69) is 33.8 Å². The molecule has 0 amide bonds.